The van der Waals surface area contributed by atoms with Gasteiger partial charge in [-0.05, 0) is 38.1 Å². The highest BCUT2D eigenvalue weighted by molar-refractivity contribution is 4.85. The van der Waals surface area contributed by atoms with Crippen LogP contribution >= 0.6 is 0 Å². The van der Waals surface area contributed by atoms with E-state index >= 15 is 0 Å². The fourth-order valence-corrected chi connectivity index (χ4v) is 3.11. The van der Waals surface area contributed by atoms with Crippen LogP contribution in [0.25, 0.3) is 0 Å². The van der Waals surface area contributed by atoms with Gasteiger partial charge in [0.15, 0.2) is 0 Å². The second-order valence-corrected chi connectivity index (χ2v) is 5.18. The lowest BCUT2D eigenvalue weighted by Crippen LogP contribution is -2.43. The van der Waals surface area contributed by atoms with E-state index in [2.05, 4.69) is 4.90 Å². The van der Waals surface area contributed by atoms with Crippen LogP contribution in [0.15, 0.2) is 0 Å². The third-order valence-corrected chi connectivity index (χ3v) is 4.15. The van der Waals surface area contributed by atoms with Crippen LogP contribution in [0.5, 0.6) is 0 Å². The molecule has 1 heterocycles. The maximum atomic E-state index is 9.26. The molecule has 1 saturated carbocycles. The highest BCUT2D eigenvalue weighted by atomic mass is 16.3. The molecule has 2 rings (SSSR count). The van der Waals surface area contributed by atoms with Crippen molar-refractivity contribution in [1.29, 1.82) is 0 Å². The van der Waals surface area contributed by atoms with Gasteiger partial charge in [0.2, 0.25) is 0 Å². The number of likely N-dealkylation sites (tertiary alicyclic amines) is 1. The van der Waals surface area contributed by atoms with Gasteiger partial charge in [0, 0.05) is 18.6 Å². The number of nitrogens with two attached hydrogens (primary N) is 1. The van der Waals surface area contributed by atoms with Crippen molar-refractivity contribution >= 4 is 0 Å². The zero-order valence-corrected chi connectivity index (χ0v) is 9.57. The Kier molecular flexibility index (Phi) is 4.00. The molecule has 3 N–H and O–H groups in total. The number of hydrogen-bond acceptors (Lipinski definition) is 3. The van der Waals surface area contributed by atoms with Gasteiger partial charge in [-0.2, -0.15) is 0 Å². The van der Waals surface area contributed by atoms with Gasteiger partial charge in [0.1, 0.15) is 0 Å². The zero-order valence-electron chi connectivity index (χ0n) is 9.57. The van der Waals surface area contributed by atoms with Gasteiger partial charge in [0.25, 0.3) is 0 Å². The SMILES string of the molecule is NC1CCCCC1CN1CCCC1CO. The van der Waals surface area contributed by atoms with Gasteiger partial charge in [-0.25, -0.2) is 0 Å². The number of hydrogen-bond donors (Lipinski definition) is 2. The largest absolute Gasteiger partial charge is 0.395 e. The lowest BCUT2D eigenvalue weighted by atomic mass is 9.84. The normalized spacial score (nSPS) is 38.4. The first-order chi connectivity index (χ1) is 7.31. The van der Waals surface area contributed by atoms with Crippen LogP contribution < -0.4 is 5.73 Å². The molecule has 1 saturated heterocycles. The lowest BCUT2D eigenvalue weighted by Gasteiger charge is -2.34. The first-order valence-electron chi connectivity index (χ1n) is 6.41. The van der Waals surface area contributed by atoms with Crippen molar-refractivity contribution in [2.75, 3.05) is 19.7 Å². The molecule has 0 spiro atoms. The van der Waals surface area contributed by atoms with E-state index in [1.54, 1.807) is 0 Å². The van der Waals surface area contributed by atoms with Crippen molar-refractivity contribution in [3.63, 3.8) is 0 Å². The molecule has 15 heavy (non-hydrogen) atoms. The van der Waals surface area contributed by atoms with Crippen LogP contribution in [0, 0.1) is 5.92 Å². The second-order valence-electron chi connectivity index (χ2n) is 5.18. The van der Waals surface area contributed by atoms with E-state index in [4.69, 9.17) is 5.73 Å². The van der Waals surface area contributed by atoms with Crippen LogP contribution in [0.1, 0.15) is 38.5 Å². The monoisotopic (exact) mass is 212 g/mol. The van der Waals surface area contributed by atoms with Crippen molar-refractivity contribution in [1.82, 2.24) is 4.90 Å². The van der Waals surface area contributed by atoms with E-state index in [-0.39, 0.29) is 0 Å². The molecule has 1 aliphatic carbocycles. The minimum Gasteiger partial charge on any atom is -0.395 e. The second kappa shape index (κ2) is 5.28. The van der Waals surface area contributed by atoms with Crippen molar-refractivity contribution < 1.29 is 5.11 Å². The van der Waals surface area contributed by atoms with Crippen molar-refractivity contribution in [2.45, 2.75) is 50.6 Å². The predicted molar refractivity (Wildman–Crippen MR) is 61.6 cm³/mol. The number of rotatable bonds is 3. The summed E-state index contributed by atoms with van der Waals surface area (Å²) in [5, 5.41) is 9.26. The van der Waals surface area contributed by atoms with Crippen LogP contribution in [0.3, 0.4) is 0 Å². The highest BCUT2D eigenvalue weighted by Crippen LogP contribution is 2.26. The Labute approximate surface area is 92.6 Å². The average molecular weight is 212 g/mol. The molecule has 3 unspecified atom stereocenters. The van der Waals surface area contributed by atoms with E-state index in [1.165, 1.54) is 38.5 Å². The summed E-state index contributed by atoms with van der Waals surface area (Å²) in [6.07, 6.45) is 7.54. The summed E-state index contributed by atoms with van der Waals surface area (Å²) in [6, 6.07) is 0.817. The Morgan fingerprint density at radius 1 is 1.13 bits per heavy atom. The summed E-state index contributed by atoms with van der Waals surface area (Å²) in [6.45, 7) is 2.60. The van der Waals surface area contributed by atoms with Gasteiger partial charge >= 0.3 is 0 Å². The molecular weight excluding hydrogens is 188 g/mol. The molecular formula is C12H24N2O. The van der Waals surface area contributed by atoms with E-state index < -0.39 is 0 Å². The molecule has 0 aromatic heterocycles. The molecule has 2 aliphatic rings. The van der Waals surface area contributed by atoms with Gasteiger partial charge in [-0.15, -0.1) is 0 Å². The van der Waals surface area contributed by atoms with Gasteiger partial charge in [-0.1, -0.05) is 12.8 Å². The van der Waals surface area contributed by atoms with Crippen LogP contribution in [-0.4, -0.2) is 41.8 Å². The fourth-order valence-electron chi connectivity index (χ4n) is 3.11. The summed E-state index contributed by atoms with van der Waals surface area (Å²) in [5.74, 6) is 0.672. The maximum absolute atomic E-state index is 9.26. The topological polar surface area (TPSA) is 49.5 Å². The summed E-state index contributed by atoms with van der Waals surface area (Å²) >= 11 is 0. The molecule has 3 atom stereocenters. The molecule has 3 nitrogen and oxygen atoms in total. The Balaban J connectivity index is 1.84. The molecule has 3 heteroatoms. The molecule has 0 radical (unpaired) electrons. The predicted octanol–water partition coefficient (Wildman–Crippen LogP) is 0.961. The molecule has 0 aromatic rings. The summed E-state index contributed by atoms with van der Waals surface area (Å²) in [5.41, 5.74) is 6.15. The van der Waals surface area contributed by atoms with Gasteiger partial charge < -0.3 is 10.8 Å². The third-order valence-electron chi connectivity index (χ3n) is 4.15. The molecule has 1 aliphatic heterocycles. The summed E-state index contributed by atoms with van der Waals surface area (Å²) < 4.78 is 0. The van der Waals surface area contributed by atoms with Crippen molar-refractivity contribution in [2.24, 2.45) is 11.7 Å². The van der Waals surface area contributed by atoms with Crippen LogP contribution in [0.4, 0.5) is 0 Å². The lowest BCUT2D eigenvalue weighted by molar-refractivity contribution is 0.125. The summed E-state index contributed by atoms with van der Waals surface area (Å²) in [4.78, 5) is 2.45. The molecule has 88 valence electrons. The number of nitrogens with zero attached hydrogens (tertiary/aromatic N) is 1. The quantitative estimate of drug-likeness (QED) is 0.732. The molecule has 0 amide bonds. The van der Waals surface area contributed by atoms with Crippen molar-refractivity contribution in [3.8, 4) is 0 Å². The minimum atomic E-state index is 0.321. The minimum absolute atomic E-state index is 0.321. The Hall–Kier alpha value is -0.120. The Bertz CT molecular complexity index is 198. The molecule has 0 bridgehead atoms. The first kappa shape index (κ1) is 11.4. The summed E-state index contributed by atoms with van der Waals surface area (Å²) in [7, 11) is 0. The maximum Gasteiger partial charge on any atom is 0.0586 e. The smallest absolute Gasteiger partial charge is 0.0586 e. The third kappa shape index (κ3) is 2.71. The average Bonchev–Trinajstić information content (AvgIpc) is 2.69. The number of aliphatic hydroxyl groups is 1. The van der Waals surface area contributed by atoms with Crippen LogP contribution in [-0.2, 0) is 0 Å². The zero-order chi connectivity index (χ0) is 10.7. The highest BCUT2D eigenvalue weighted by Gasteiger charge is 2.29. The van der Waals surface area contributed by atoms with E-state index in [1.807, 2.05) is 0 Å². The Morgan fingerprint density at radius 3 is 2.67 bits per heavy atom. The first-order valence-corrected chi connectivity index (χ1v) is 6.41. The standard InChI is InChI=1S/C12H24N2O/c13-12-6-2-1-4-10(12)8-14-7-3-5-11(14)9-15/h10-12,15H,1-9,13H2. The van der Waals surface area contributed by atoms with E-state index in [0.29, 0.717) is 24.6 Å². The fraction of sp³-hybridized carbons (Fsp3) is 1.00. The molecule has 2 fully saturated rings. The van der Waals surface area contributed by atoms with Crippen molar-refractivity contribution in [3.05, 3.63) is 0 Å². The van der Waals surface area contributed by atoms with E-state index in [0.717, 1.165) is 13.1 Å². The van der Waals surface area contributed by atoms with E-state index in [9.17, 15) is 5.11 Å². The Morgan fingerprint density at radius 2 is 1.93 bits per heavy atom. The molecule has 0 aromatic carbocycles. The van der Waals surface area contributed by atoms with Crippen LogP contribution in [0.2, 0.25) is 0 Å². The van der Waals surface area contributed by atoms with Gasteiger partial charge in [-0.3, -0.25) is 4.90 Å². The van der Waals surface area contributed by atoms with Gasteiger partial charge in [0.05, 0.1) is 6.61 Å². The number of aliphatic hydroxyl groups excluding tert-OH is 1.